The van der Waals surface area contributed by atoms with Crippen molar-refractivity contribution in [2.75, 3.05) is 12.4 Å². The fraction of sp³-hybridized carbons (Fsp3) is 0.200. The average Bonchev–Trinajstić information content (AvgIpc) is 2.56. The first-order chi connectivity index (χ1) is 7.24. The summed E-state index contributed by atoms with van der Waals surface area (Å²) in [6, 6.07) is 9.40. The summed E-state index contributed by atoms with van der Waals surface area (Å²) in [6.07, 6.45) is 0. The van der Waals surface area contributed by atoms with Gasteiger partial charge in [0.15, 0.2) is 0 Å². The largest absolute Gasteiger partial charge is 0.357 e. The summed E-state index contributed by atoms with van der Waals surface area (Å²) in [4.78, 5) is 11.8. The summed E-state index contributed by atoms with van der Waals surface area (Å²) in [5, 5.41) is 6.95. The molecule has 0 saturated carbocycles. The lowest BCUT2D eigenvalue weighted by Gasteiger charge is -2.03. The van der Waals surface area contributed by atoms with Crippen LogP contribution in [0.15, 0.2) is 35.1 Å². The van der Waals surface area contributed by atoms with Crippen LogP contribution >= 0.6 is 0 Å². The van der Waals surface area contributed by atoms with E-state index in [-0.39, 0.29) is 5.69 Å². The molecule has 0 unspecified atom stereocenters. The van der Waals surface area contributed by atoms with Gasteiger partial charge in [0.1, 0.15) is 0 Å². The van der Waals surface area contributed by atoms with Crippen molar-refractivity contribution in [2.45, 2.75) is 0 Å². The molecular formula is C10H12N4O. The van der Waals surface area contributed by atoms with E-state index in [9.17, 15) is 4.79 Å². The van der Waals surface area contributed by atoms with Crippen LogP contribution in [0, 0.1) is 0 Å². The zero-order valence-electron chi connectivity index (χ0n) is 8.64. The van der Waals surface area contributed by atoms with Crippen LogP contribution in [-0.4, -0.2) is 21.4 Å². The molecule has 78 valence electrons. The van der Waals surface area contributed by atoms with Crippen LogP contribution in [0.4, 0.5) is 5.95 Å². The van der Waals surface area contributed by atoms with E-state index in [1.54, 1.807) is 14.1 Å². The van der Waals surface area contributed by atoms with E-state index in [1.165, 1.54) is 9.25 Å². The highest BCUT2D eigenvalue weighted by Crippen LogP contribution is 2.09. The summed E-state index contributed by atoms with van der Waals surface area (Å²) in [6.45, 7) is 0. The van der Waals surface area contributed by atoms with Gasteiger partial charge in [-0.25, -0.2) is 14.0 Å². The lowest BCUT2D eigenvalue weighted by molar-refractivity contribution is 0.727. The van der Waals surface area contributed by atoms with Gasteiger partial charge in [0, 0.05) is 14.1 Å². The fourth-order valence-corrected chi connectivity index (χ4v) is 1.44. The molecule has 15 heavy (non-hydrogen) atoms. The molecule has 1 heterocycles. The molecule has 0 bridgehead atoms. The molecule has 2 rings (SSSR count). The van der Waals surface area contributed by atoms with Crippen LogP contribution in [0.3, 0.4) is 0 Å². The van der Waals surface area contributed by atoms with Crippen molar-refractivity contribution >= 4 is 5.95 Å². The van der Waals surface area contributed by atoms with Gasteiger partial charge in [0.05, 0.1) is 5.69 Å². The van der Waals surface area contributed by atoms with Gasteiger partial charge in [-0.3, -0.25) is 0 Å². The van der Waals surface area contributed by atoms with Crippen LogP contribution < -0.4 is 11.0 Å². The number of rotatable bonds is 2. The zero-order valence-corrected chi connectivity index (χ0v) is 8.64. The standard InChI is InChI=1S/C10H12N4O/c1-11-9-12-13(2)10(15)14(9)8-6-4-3-5-7-8/h3-7H,1-2H3,(H,11,12). The molecule has 1 aromatic heterocycles. The van der Waals surface area contributed by atoms with Crippen LogP contribution in [0.1, 0.15) is 0 Å². The minimum Gasteiger partial charge on any atom is -0.357 e. The Morgan fingerprint density at radius 2 is 1.93 bits per heavy atom. The van der Waals surface area contributed by atoms with Crippen molar-refractivity contribution in [3.63, 3.8) is 0 Å². The zero-order chi connectivity index (χ0) is 10.8. The fourth-order valence-electron chi connectivity index (χ4n) is 1.44. The first-order valence-electron chi connectivity index (χ1n) is 4.63. The Morgan fingerprint density at radius 3 is 2.53 bits per heavy atom. The number of nitrogens with one attached hydrogen (secondary N) is 1. The van der Waals surface area contributed by atoms with E-state index >= 15 is 0 Å². The highest BCUT2D eigenvalue weighted by Gasteiger charge is 2.10. The number of benzene rings is 1. The van der Waals surface area contributed by atoms with E-state index in [2.05, 4.69) is 10.4 Å². The van der Waals surface area contributed by atoms with E-state index in [4.69, 9.17) is 0 Å². The summed E-state index contributed by atoms with van der Waals surface area (Å²) < 4.78 is 2.83. The number of hydrogen-bond donors (Lipinski definition) is 1. The molecule has 2 aromatic rings. The number of hydrogen-bond acceptors (Lipinski definition) is 3. The van der Waals surface area contributed by atoms with E-state index in [1.807, 2.05) is 30.3 Å². The Balaban J connectivity index is 2.67. The predicted octanol–water partition coefficient (Wildman–Crippen LogP) is 0.613. The Morgan fingerprint density at radius 1 is 1.27 bits per heavy atom. The number of para-hydroxylation sites is 1. The summed E-state index contributed by atoms with van der Waals surface area (Å²) in [7, 11) is 3.36. The third-order valence-electron chi connectivity index (χ3n) is 2.16. The summed E-state index contributed by atoms with van der Waals surface area (Å²) >= 11 is 0. The summed E-state index contributed by atoms with van der Waals surface area (Å²) in [5.74, 6) is 0.536. The molecule has 0 aliphatic rings. The molecule has 0 aliphatic heterocycles. The molecule has 0 aliphatic carbocycles. The molecule has 0 atom stereocenters. The number of nitrogens with zero attached hydrogens (tertiary/aromatic N) is 3. The van der Waals surface area contributed by atoms with Crippen LogP contribution in [0.25, 0.3) is 5.69 Å². The van der Waals surface area contributed by atoms with Crippen molar-refractivity contribution < 1.29 is 0 Å². The maximum absolute atomic E-state index is 11.8. The third-order valence-corrected chi connectivity index (χ3v) is 2.16. The predicted molar refractivity (Wildman–Crippen MR) is 58.4 cm³/mol. The van der Waals surface area contributed by atoms with Gasteiger partial charge in [0.2, 0.25) is 5.95 Å². The van der Waals surface area contributed by atoms with Gasteiger partial charge in [-0.15, -0.1) is 5.10 Å². The molecular weight excluding hydrogens is 192 g/mol. The number of anilines is 1. The second kappa shape index (κ2) is 3.61. The molecule has 0 spiro atoms. The van der Waals surface area contributed by atoms with Crippen LogP contribution in [-0.2, 0) is 7.05 Å². The van der Waals surface area contributed by atoms with Gasteiger partial charge in [-0.05, 0) is 12.1 Å². The van der Waals surface area contributed by atoms with Crippen molar-refractivity contribution in [3.8, 4) is 5.69 Å². The lowest BCUT2D eigenvalue weighted by atomic mass is 10.3. The molecule has 0 saturated heterocycles. The highest BCUT2D eigenvalue weighted by molar-refractivity contribution is 5.39. The lowest BCUT2D eigenvalue weighted by Crippen LogP contribution is -2.21. The van der Waals surface area contributed by atoms with Gasteiger partial charge in [-0.1, -0.05) is 18.2 Å². The summed E-state index contributed by atoms with van der Waals surface area (Å²) in [5.41, 5.74) is 0.644. The minimum atomic E-state index is -0.162. The van der Waals surface area contributed by atoms with Gasteiger partial charge < -0.3 is 5.32 Å². The molecule has 5 heteroatoms. The smallest absolute Gasteiger partial charge is 0.351 e. The number of aromatic nitrogens is 3. The van der Waals surface area contributed by atoms with Gasteiger partial charge >= 0.3 is 5.69 Å². The van der Waals surface area contributed by atoms with E-state index in [0.29, 0.717) is 5.95 Å². The molecule has 1 N–H and O–H groups in total. The van der Waals surface area contributed by atoms with Crippen LogP contribution in [0.5, 0.6) is 0 Å². The molecule has 0 fully saturated rings. The van der Waals surface area contributed by atoms with E-state index < -0.39 is 0 Å². The topological polar surface area (TPSA) is 51.9 Å². The van der Waals surface area contributed by atoms with Crippen molar-refractivity contribution in [1.82, 2.24) is 14.3 Å². The third kappa shape index (κ3) is 1.52. The SMILES string of the molecule is CNc1nn(C)c(=O)n1-c1ccccc1. The van der Waals surface area contributed by atoms with Crippen molar-refractivity contribution in [1.29, 1.82) is 0 Å². The van der Waals surface area contributed by atoms with Crippen molar-refractivity contribution in [3.05, 3.63) is 40.8 Å². The second-order valence-electron chi connectivity index (χ2n) is 3.15. The van der Waals surface area contributed by atoms with Crippen LogP contribution in [0.2, 0.25) is 0 Å². The molecule has 0 amide bonds. The first-order valence-corrected chi connectivity index (χ1v) is 4.63. The molecule has 5 nitrogen and oxygen atoms in total. The monoisotopic (exact) mass is 204 g/mol. The van der Waals surface area contributed by atoms with E-state index in [0.717, 1.165) is 5.69 Å². The number of aryl methyl sites for hydroxylation is 1. The highest BCUT2D eigenvalue weighted by atomic mass is 16.2. The minimum absolute atomic E-state index is 0.162. The van der Waals surface area contributed by atoms with Gasteiger partial charge in [0.25, 0.3) is 0 Å². The Kier molecular flexibility index (Phi) is 2.29. The molecule has 0 radical (unpaired) electrons. The Bertz CT molecular complexity index is 512. The maximum atomic E-state index is 11.8. The second-order valence-corrected chi connectivity index (χ2v) is 3.15. The molecule has 1 aromatic carbocycles. The first kappa shape index (κ1) is 9.51. The average molecular weight is 204 g/mol. The maximum Gasteiger partial charge on any atom is 0.351 e. The quantitative estimate of drug-likeness (QED) is 0.780. The normalized spacial score (nSPS) is 10.3. The van der Waals surface area contributed by atoms with Crippen molar-refractivity contribution in [2.24, 2.45) is 7.05 Å². The Labute approximate surface area is 87.0 Å². The Hall–Kier alpha value is -2.04. The van der Waals surface area contributed by atoms with Gasteiger partial charge in [-0.2, -0.15) is 0 Å².